The topological polar surface area (TPSA) is 17.3 Å². The number of hydrogen-bond acceptors (Lipinski definition) is 1. The molecular weight excluding hydrogens is 239 g/mol. The molecular formula is C13H8ClFN2. The summed E-state index contributed by atoms with van der Waals surface area (Å²) in [6, 6.07) is 11.9. The highest BCUT2D eigenvalue weighted by Crippen LogP contribution is 2.25. The Morgan fingerprint density at radius 2 is 1.82 bits per heavy atom. The van der Waals surface area contributed by atoms with E-state index in [0.717, 1.165) is 11.1 Å². The van der Waals surface area contributed by atoms with Crippen LogP contribution < -0.4 is 0 Å². The molecule has 4 heteroatoms. The molecule has 0 unspecified atom stereocenters. The van der Waals surface area contributed by atoms with Crippen molar-refractivity contribution in [3.8, 4) is 11.4 Å². The lowest BCUT2D eigenvalue weighted by molar-refractivity contribution is 0.628. The van der Waals surface area contributed by atoms with Gasteiger partial charge in [-0.05, 0) is 36.4 Å². The zero-order chi connectivity index (χ0) is 11.8. The van der Waals surface area contributed by atoms with Gasteiger partial charge < -0.3 is 0 Å². The minimum Gasteiger partial charge on any atom is -0.298 e. The van der Waals surface area contributed by atoms with Gasteiger partial charge in [0.2, 0.25) is 0 Å². The number of nitrogens with zero attached hydrogens (tertiary/aromatic N) is 2. The van der Waals surface area contributed by atoms with E-state index in [1.165, 1.54) is 12.1 Å². The summed E-state index contributed by atoms with van der Waals surface area (Å²) >= 11 is 6.05. The van der Waals surface area contributed by atoms with Crippen molar-refractivity contribution in [3.05, 3.63) is 59.6 Å². The zero-order valence-electron chi connectivity index (χ0n) is 8.77. The number of fused-ring (bicyclic) bond motifs is 1. The molecule has 0 fully saturated rings. The summed E-state index contributed by atoms with van der Waals surface area (Å²) in [7, 11) is 0. The summed E-state index contributed by atoms with van der Waals surface area (Å²) < 4.78 is 14.8. The van der Waals surface area contributed by atoms with Gasteiger partial charge in [0.05, 0.1) is 5.52 Å². The predicted octanol–water partition coefficient (Wildman–Crippen LogP) is 3.79. The van der Waals surface area contributed by atoms with E-state index in [-0.39, 0.29) is 5.82 Å². The highest BCUT2D eigenvalue weighted by molar-refractivity contribution is 6.32. The second kappa shape index (κ2) is 3.86. The standard InChI is InChI=1S/C13H8ClFN2/c14-12-11-3-1-2-8-17(11)13(16-12)9-4-6-10(15)7-5-9/h1-8H. The zero-order valence-corrected chi connectivity index (χ0v) is 9.53. The van der Waals surface area contributed by atoms with Gasteiger partial charge in [-0.1, -0.05) is 17.7 Å². The van der Waals surface area contributed by atoms with Crippen LogP contribution in [-0.4, -0.2) is 9.38 Å². The first-order chi connectivity index (χ1) is 8.25. The maximum absolute atomic E-state index is 12.9. The van der Waals surface area contributed by atoms with Crippen molar-refractivity contribution in [2.45, 2.75) is 0 Å². The summed E-state index contributed by atoms with van der Waals surface area (Å²) in [6.07, 6.45) is 1.88. The van der Waals surface area contributed by atoms with E-state index < -0.39 is 0 Å². The maximum Gasteiger partial charge on any atom is 0.155 e. The molecule has 84 valence electrons. The third-order valence-corrected chi connectivity index (χ3v) is 2.88. The van der Waals surface area contributed by atoms with E-state index in [0.29, 0.717) is 11.0 Å². The fourth-order valence-electron chi connectivity index (χ4n) is 1.80. The van der Waals surface area contributed by atoms with E-state index >= 15 is 0 Å². The number of pyridine rings is 1. The van der Waals surface area contributed by atoms with Crippen molar-refractivity contribution in [2.75, 3.05) is 0 Å². The lowest BCUT2D eigenvalue weighted by Gasteiger charge is -2.00. The first kappa shape index (κ1) is 10.3. The molecule has 0 saturated carbocycles. The Kier molecular flexibility index (Phi) is 2.34. The van der Waals surface area contributed by atoms with Gasteiger partial charge in [-0.2, -0.15) is 0 Å². The Labute approximate surface area is 102 Å². The number of hydrogen-bond donors (Lipinski definition) is 0. The molecule has 0 amide bonds. The van der Waals surface area contributed by atoms with Crippen LogP contribution in [0.4, 0.5) is 4.39 Å². The van der Waals surface area contributed by atoms with E-state index in [4.69, 9.17) is 11.6 Å². The third-order valence-electron chi connectivity index (χ3n) is 2.61. The Morgan fingerprint density at radius 3 is 2.59 bits per heavy atom. The second-order valence-electron chi connectivity index (χ2n) is 3.69. The molecule has 2 nitrogen and oxygen atoms in total. The van der Waals surface area contributed by atoms with E-state index in [2.05, 4.69) is 4.98 Å². The van der Waals surface area contributed by atoms with Crippen LogP contribution in [0.5, 0.6) is 0 Å². The number of aromatic nitrogens is 2. The summed E-state index contributed by atoms with van der Waals surface area (Å²) in [5.41, 5.74) is 1.67. The molecule has 17 heavy (non-hydrogen) atoms. The molecule has 2 heterocycles. The van der Waals surface area contributed by atoms with Crippen LogP contribution in [0, 0.1) is 5.82 Å². The summed E-state index contributed by atoms with van der Waals surface area (Å²) in [6.45, 7) is 0. The van der Waals surface area contributed by atoms with Crippen LogP contribution in [0.1, 0.15) is 0 Å². The van der Waals surface area contributed by atoms with Crippen molar-refractivity contribution in [3.63, 3.8) is 0 Å². The van der Waals surface area contributed by atoms with Crippen molar-refractivity contribution < 1.29 is 4.39 Å². The van der Waals surface area contributed by atoms with E-state index in [1.54, 1.807) is 12.1 Å². The molecule has 0 aliphatic heterocycles. The Balaban J connectivity index is 2.27. The van der Waals surface area contributed by atoms with Gasteiger partial charge in [0.15, 0.2) is 5.15 Å². The molecule has 0 saturated heterocycles. The van der Waals surface area contributed by atoms with Crippen LogP contribution >= 0.6 is 11.6 Å². The number of rotatable bonds is 1. The monoisotopic (exact) mass is 246 g/mol. The smallest absolute Gasteiger partial charge is 0.155 e. The largest absolute Gasteiger partial charge is 0.298 e. The molecule has 3 aromatic rings. The number of halogens is 2. The molecule has 0 radical (unpaired) electrons. The summed E-state index contributed by atoms with van der Waals surface area (Å²) in [5.74, 6) is 0.450. The molecule has 0 bridgehead atoms. The van der Waals surface area contributed by atoms with Gasteiger partial charge >= 0.3 is 0 Å². The fraction of sp³-hybridized carbons (Fsp3) is 0. The fourth-order valence-corrected chi connectivity index (χ4v) is 2.04. The lowest BCUT2D eigenvalue weighted by Crippen LogP contribution is -1.88. The molecule has 2 aromatic heterocycles. The predicted molar refractivity (Wildman–Crippen MR) is 65.6 cm³/mol. The molecule has 0 aliphatic rings. The van der Waals surface area contributed by atoms with Crippen molar-refractivity contribution >= 4 is 17.1 Å². The average Bonchev–Trinajstić information content (AvgIpc) is 2.69. The van der Waals surface area contributed by atoms with Crippen LogP contribution in [0.3, 0.4) is 0 Å². The van der Waals surface area contributed by atoms with Crippen LogP contribution in [0.2, 0.25) is 5.15 Å². The first-order valence-corrected chi connectivity index (χ1v) is 5.52. The Hall–Kier alpha value is -1.87. The van der Waals surface area contributed by atoms with Gasteiger partial charge in [0, 0.05) is 11.8 Å². The first-order valence-electron chi connectivity index (χ1n) is 5.14. The molecule has 3 rings (SSSR count). The maximum atomic E-state index is 12.9. The molecule has 0 N–H and O–H groups in total. The van der Waals surface area contributed by atoms with Gasteiger partial charge in [-0.25, -0.2) is 9.37 Å². The van der Waals surface area contributed by atoms with Gasteiger partial charge in [0.1, 0.15) is 11.6 Å². The minimum absolute atomic E-state index is 0.263. The summed E-state index contributed by atoms with van der Waals surface area (Å²) in [5, 5.41) is 0.449. The molecule has 1 aromatic carbocycles. The van der Waals surface area contributed by atoms with Crippen LogP contribution in [0.25, 0.3) is 16.9 Å². The Morgan fingerprint density at radius 1 is 1.06 bits per heavy atom. The molecule has 0 spiro atoms. The number of imidazole rings is 1. The van der Waals surface area contributed by atoms with Crippen LogP contribution in [-0.2, 0) is 0 Å². The minimum atomic E-state index is -0.263. The highest BCUT2D eigenvalue weighted by Gasteiger charge is 2.10. The highest BCUT2D eigenvalue weighted by atomic mass is 35.5. The Bertz CT molecular complexity index is 673. The van der Waals surface area contributed by atoms with Crippen molar-refractivity contribution in [1.82, 2.24) is 9.38 Å². The van der Waals surface area contributed by atoms with Gasteiger partial charge in [0.25, 0.3) is 0 Å². The van der Waals surface area contributed by atoms with Crippen molar-refractivity contribution in [2.24, 2.45) is 0 Å². The third kappa shape index (κ3) is 1.68. The SMILES string of the molecule is Fc1ccc(-c2nc(Cl)c3ccccn23)cc1. The average molecular weight is 247 g/mol. The second-order valence-corrected chi connectivity index (χ2v) is 4.05. The normalized spacial score (nSPS) is 10.9. The van der Waals surface area contributed by atoms with Crippen LogP contribution in [0.15, 0.2) is 48.7 Å². The summed E-state index contributed by atoms with van der Waals surface area (Å²) in [4.78, 5) is 4.30. The van der Waals surface area contributed by atoms with E-state index in [1.807, 2.05) is 28.8 Å². The molecule has 0 aliphatic carbocycles. The van der Waals surface area contributed by atoms with Gasteiger partial charge in [-0.15, -0.1) is 0 Å². The van der Waals surface area contributed by atoms with Gasteiger partial charge in [-0.3, -0.25) is 4.40 Å². The number of benzene rings is 1. The quantitative estimate of drug-likeness (QED) is 0.639. The molecule has 0 atom stereocenters. The van der Waals surface area contributed by atoms with Crippen molar-refractivity contribution in [1.29, 1.82) is 0 Å². The lowest BCUT2D eigenvalue weighted by atomic mass is 10.2. The van der Waals surface area contributed by atoms with E-state index in [9.17, 15) is 4.39 Å².